The summed E-state index contributed by atoms with van der Waals surface area (Å²) >= 11 is 5.91. The summed E-state index contributed by atoms with van der Waals surface area (Å²) in [4.78, 5) is 26.3. The van der Waals surface area contributed by atoms with Gasteiger partial charge in [-0.3, -0.25) is 9.59 Å². The van der Waals surface area contributed by atoms with Crippen molar-refractivity contribution in [2.75, 3.05) is 4.90 Å². The molecule has 3 aliphatic rings. The molecule has 1 saturated carbocycles. The molecule has 20 heavy (non-hydrogen) atoms. The first kappa shape index (κ1) is 12.0. The highest BCUT2D eigenvalue weighted by atomic mass is 35.5. The van der Waals surface area contributed by atoms with Crippen LogP contribution in [0.1, 0.15) is 6.42 Å². The molecule has 2 aliphatic carbocycles. The third kappa shape index (κ3) is 1.37. The molecular formula is C15H12ClNO3. The lowest BCUT2D eigenvalue weighted by atomic mass is 9.85. The molecule has 0 radical (unpaired) electrons. The Morgan fingerprint density at radius 2 is 1.70 bits per heavy atom. The lowest BCUT2D eigenvalue weighted by Gasteiger charge is -2.18. The minimum absolute atomic E-state index is 0.101. The summed E-state index contributed by atoms with van der Waals surface area (Å²) in [6.45, 7) is 0. The monoisotopic (exact) mass is 289 g/mol. The van der Waals surface area contributed by atoms with Crippen LogP contribution in [0, 0.1) is 23.7 Å². The zero-order valence-corrected chi connectivity index (χ0v) is 11.2. The highest BCUT2D eigenvalue weighted by Crippen LogP contribution is 2.53. The smallest absolute Gasteiger partial charge is 0.238 e. The number of aromatic hydroxyl groups is 1. The van der Waals surface area contributed by atoms with E-state index in [1.807, 2.05) is 12.2 Å². The Morgan fingerprint density at radius 3 is 2.30 bits per heavy atom. The number of fused-ring (bicyclic) bond motifs is 5. The molecule has 1 heterocycles. The van der Waals surface area contributed by atoms with Gasteiger partial charge in [-0.15, -0.1) is 0 Å². The third-order valence-electron chi connectivity index (χ3n) is 4.65. The Morgan fingerprint density at radius 1 is 1.10 bits per heavy atom. The molecule has 1 aromatic rings. The van der Waals surface area contributed by atoms with Crippen LogP contribution >= 0.6 is 11.6 Å². The molecule has 102 valence electrons. The van der Waals surface area contributed by atoms with Gasteiger partial charge in [0, 0.05) is 5.02 Å². The van der Waals surface area contributed by atoms with E-state index in [0.29, 0.717) is 5.02 Å². The van der Waals surface area contributed by atoms with Gasteiger partial charge >= 0.3 is 0 Å². The molecule has 0 unspecified atom stereocenters. The van der Waals surface area contributed by atoms with Gasteiger partial charge in [0.05, 0.1) is 17.5 Å². The van der Waals surface area contributed by atoms with Gasteiger partial charge in [-0.2, -0.15) is 0 Å². The zero-order chi connectivity index (χ0) is 14.0. The predicted molar refractivity (Wildman–Crippen MR) is 73.3 cm³/mol. The normalized spacial score (nSPS) is 34.1. The second-order valence-corrected chi connectivity index (χ2v) is 6.08. The van der Waals surface area contributed by atoms with E-state index >= 15 is 0 Å². The number of hydrogen-bond acceptors (Lipinski definition) is 3. The minimum atomic E-state index is -0.268. The topological polar surface area (TPSA) is 57.6 Å². The average molecular weight is 290 g/mol. The van der Waals surface area contributed by atoms with Crippen LogP contribution in [0.15, 0.2) is 30.4 Å². The lowest BCUT2D eigenvalue weighted by molar-refractivity contribution is -0.123. The fourth-order valence-corrected chi connectivity index (χ4v) is 3.98. The number of hydrogen-bond donors (Lipinski definition) is 1. The van der Waals surface area contributed by atoms with Gasteiger partial charge in [-0.25, -0.2) is 4.90 Å². The van der Waals surface area contributed by atoms with Crippen LogP contribution < -0.4 is 4.90 Å². The number of amides is 2. The van der Waals surface area contributed by atoms with Crippen molar-refractivity contribution in [3.05, 3.63) is 35.4 Å². The number of phenolic OH excluding ortho intramolecular Hbond substituents is 1. The molecule has 4 rings (SSSR count). The summed E-state index contributed by atoms with van der Waals surface area (Å²) in [5, 5.41) is 10.3. The van der Waals surface area contributed by atoms with Gasteiger partial charge in [-0.05, 0) is 36.5 Å². The molecule has 1 aromatic carbocycles. The molecule has 0 aromatic heterocycles. The van der Waals surface area contributed by atoms with Gasteiger partial charge in [0.15, 0.2) is 0 Å². The van der Waals surface area contributed by atoms with Crippen LogP contribution in [0.25, 0.3) is 0 Å². The Kier molecular flexibility index (Phi) is 2.31. The predicted octanol–water partition coefficient (Wildman–Crippen LogP) is 2.36. The summed E-state index contributed by atoms with van der Waals surface area (Å²) in [7, 11) is 0. The number of allylic oxidation sites excluding steroid dienone is 2. The molecule has 4 atom stereocenters. The molecule has 0 spiro atoms. The minimum Gasteiger partial charge on any atom is -0.506 e. The van der Waals surface area contributed by atoms with Crippen molar-refractivity contribution in [3.63, 3.8) is 0 Å². The molecule has 1 N–H and O–H groups in total. The third-order valence-corrected chi connectivity index (χ3v) is 4.88. The number of halogens is 1. The maximum Gasteiger partial charge on any atom is 0.238 e. The quantitative estimate of drug-likeness (QED) is 0.638. The fourth-order valence-electron chi connectivity index (χ4n) is 3.82. The number of phenols is 1. The summed E-state index contributed by atoms with van der Waals surface area (Å²) in [6.07, 6.45) is 4.97. The number of imide groups is 1. The van der Waals surface area contributed by atoms with Crippen molar-refractivity contribution in [1.82, 2.24) is 0 Å². The molecule has 5 heteroatoms. The standard InChI is InChI=1S/C15H12ClNO3/c16-9-3-4-11(18)10(6-9)17-14(19)12-7-1-2-8(5-7)13(12)15(17)20/h1-4,6-8,12-13,18H,5H2/t7-,8+,12-,13+. The van der Waals surface area contributed by atoms with Crippen LogP contribution in [0.3, 0.4) is 0 Å². The van der Waals surface area contributed by atoms with Crippen molar-refractivity contribution in [1.29, 1.82) is 0 Å². The molecule has 1 aliphatic heterocycles. The van der Waals surface area contributed by atoms with Crippen molar-refractivity contribution >= 4 is 29.1 Å². The van der Waals surface area contributed by atoms with Gasteiger partial charge in [0.2, 0.25) is 11.8 Å². The Labute approximate surface area is 120 Å². The summed E-state index contributed by atoms with van der Waals surface area (Å²) in [6, 6.07) is 4.39. The number of anilines is 1. The molecule has 4 nitrogen and oxygen atoms in total. The second-order valence-electron chi connectivity index (χ2n) is 5.64. The van der Waals surface area contributed by atoms with Gasteiger partial charge in [0.25, 0.3) is 0 Å². The van der Waals surface area contributed by atoms with Crippen molar-refractivity contribution in [2.24, 2.45) is 23.7 Å². The average Bonchev–Trinajstić information content (AvgIpc) is 3.08. The zero-order valence-electron chi connectivity index (χ0n) is 10.5. The molecule has 2 bridgehead atoms. The van der Waals surface area contributed by atoms with E-state index in [0.717, 1.165) is 11.3 Å². The number of carbonyl (C=O) groups is 2. The van der Waals surface area contributed by atoms with E-state index in [4.69, 9.17) is 11.6 Å². The first-order chi connectivity index (χ1) is 9.58. The number of rotatable bonds is 1. The maximum atomic E-state index is 12.6. The summed E-state index contributed by atoms with van der Waals surface area (Å²) in [5.41, 5.74) is 0.196. The van der Waals surface area contributed by atoms with E-state index in [-0.39, 0.29) is 46.9 Å². The van der Waals surface area contributed by atoms with Crippen molar-refractivity contribution < 1.29 is 14.7 Å². The van der Waals surface area contributed by atoms with Gasteiger partial charge < -0.3 is 5.11 Å². The number of nitrogens with zero attached hydrogens (tertiary/aromatic N) is 1. The van der Waals surface area contributed by atoms with E-state index in [9.17, 15) is 14.7 Å². The number of carbonyl (C=O) groups excluding carboxylic acids is 2. The first-order valence-corrected chi connectivity index (χ1v) is 7.00. The molecular weight excluding hydrogens is 278 g/mol. The Bertz CT molecular complexity index is 639. The molecule has 1 saturated heterocycles. The van der Waals surface area contributed by atoms with E-state index in [2.05, 4.69) is 0 Å². The lowest BCUT2D eigenvalue weighted by Crippen LogP contribution is -2.32. The van der Waals surface area contributed by atoms with Crippen LogP contribution in [0.2, 0.25) is 5.02 Å². The highest BCUT2D eigenvalue weighted by Gasteiger charge is 2.59. The fraction of sp³-hybridized carbons (Fsp3) is 0.333. The van der Waals surface area contributed by atoms with Crippen molar-refractivity contribution in [2.45, 2.75) is 6.42 Å². The van der Waals surface area contributed by atoms with E-state index < -0.39 is 0 Å². The Hall–Kier alpha value is -1.81. The van der Waals surface area contributed by atoms with Crippen molar-refractivity contribution in [3.8, 4) is 5.75 Å². The second kappa shape index (κ2) is 3.85. The van der Waals surface area contributed by atoms with E-state index in [1.165, 1.54) is 18.2 Å². The van der Waals surface area contributed by atoms with Crippen LogP contribution in [-0.2, 0) is 9.59 Å². The Balaban J connectivity index is 1.80. The number of benzene rings is 1. The van der Waals surface area contributed by atoms with E-state index in [1.54, 1.807) is 0 Å². The molecule has 2 amide bonds. The maximum absolute atomic E-state index is 12.6. The SMILES string of the molecule is O=C1[C@@H]2[C@H](C(=O)N1c1cc(Cl)ccc1O)[C@@H]1C=C[C@H]2C1. The summed E-state index contributed by atoms with van der Waals surface area (Å²) < 4.78 is 0. The van der Waals surface area contributed by atoms with Crippen LogP contribution in [-0.4, -0.2) is 16.9 Å². The first-order valence-electron chi connectivity index (χ1n) is 6.62. The van der Waals surface area contributed by atoms with Crippen LogP contribution in [0.4, 0.5) is 5.69 Å². The van der Waals surface area contributed by atoms with Gasteiger partial charge in [0.1, 0.15) is 5.75 Å². The molecule has 2 fully saturated rings. The largest absolute Gasteiger partial charge is 0.506 e. The highest BCUT2D eigenvalue weighted by molar-refractivity contribution is 6.31. The summed E-state index contributed by atoms with van der Waals surface area (Å²) in [5.74, 6) is -0.743. The van der Waals surface area contributed by atoms with Crippen LogP contribution in [0.5, 0.6) is 5.75 Å². The van der Waals surface area contributed by atoms with Gasteiger partial charge in [-0.1, -0.05) is 23.8 Å².